The minimum Gasteiger partial charge on any atom is -0.390 e. The van der Waals surface area contributed by atoms with E-state index in [4.69, 9.17) is 5.11 Å². The normalized spacial score (nSPS) is 10.2. The Kier molecular flexibility index (Phi) is 2.77. The van der Waals surface area contributed by atoms with Gasteiger partial charge in [0.2, 0.25) is 0 Å². The van der Waals surface area contributed by atoms with Crippen LogP contribution in [0.25, 0.3) is 0 Å². The van der Waals surface area contributed by atoms with Crippen LogP contribution in [0.1, 0.15) is 5.69 Å². The number of alkyl halides is 1. The Morgan fingerprint density at radius 1 is 1.83 bits per heavy atom. The Bertz CT molecular complexity index is 277. The largest absolute Gasteiger partial charge is 0.390 e. The number of aliphatic hydroxyl groups is 1. The second-order valence-corrected chi connectivity index (χ2v) is 2.53. The SMILES string of the molecule is O=[N+]([O-])c1cc(CO)n(CBr)n1. The van der Waals surface area contributed by atoms with Gasteiger partial charge in [0.05, 0.1) is 23.5 Å². The second kappa shape index (κ2) is 3.63. The van der Waals surface area contributed by atoms with Crippen molar-refractivity contribution in [2.45, 2.75) is 12.1 Å². The summed E-state index contributed by atoms with van der Waals surface area (Å²) in [6.07, 6.45) is 0. The molecule has 66 valence electrons. The van der Waals surface area contributed by atoms with Crippen LogP contribution in [0.5, 0.6) is 0 Å². The zero-order valence-corrected chi connectivity index (χ0v) is 7.56. The van der Waals surface area contributed by atoms with Gasteiger partial charge in [0.15, 0.2) is 0 Å². The van der Waals surface area contributed by atoms with Crippen molar-refractivity contribution in [1.82, 2.24) is 9.78 Å². The third-order valence-electron chi connectivity index (χ3n) is 1.31. The number of hydrogen-bond acceptors (Lipinski definition) is 4. The molecule has 0 saturated heterocycles. The molecule has 0 aliphatic rings. The van der Waals surface area contributed by atoms with Gasteiger partial charge in [-0.2, -0.15) is 4.68 Å². The molecule has 0 aromatic carbocycles. The fourth-order valence-corrected chi connectivity index (χ4v) is 1.19. The molecule has 0 amide bonds. The first kappa shape index (κ1) is 9.14. The summed E-state index contributed by atoms with van der Waals surface area (Å²) in [5.41, 5.74) is 0.745. The molecule has 1 heterocycles. The van der Waals surface area contributed by atoms with Gasteiger partial charge in [0.25, 0.3) is 0 Å². The number of hydrogen-bond donors (Lipinski definition) is 1. The van der Waals surface area contributed by atoms with E-state index in [1.54, 1.807) is 0 Å². The lowest BCUT2D eigenvalue weighted by Gasteiger charge is -1.91. The van der Waals surface area contributed by atoms with Crippen molar-refractivity contribution < 1.29 is 10.0 Å². The second-order valence-electron chi connectivity index (χ2n) is 2.03. The molecule has 1 aromatic heterocycles. The Balaban J connectivity index is 3.05. The molecule has 0 spiro atoms. The van der Waals surface area contributed by atoms with Gasteiger partial charge in [0, 0.05) is 0 Å². The van der Waals surface area contributed by atoms with Gasteiger partial charge < -0.3 is 15.2 Å². The van der Waals surface area contributed by atoms with Gasteiger partial charge in [-0.3, -0.25) is 0 Å². The van der Waals surface area contributed by atoms with Crippen LogP contribution < -0.4 is 0 Å². The summed E-state index contributed by atoms with van der Waals surface area (Å²) >= 11 is 3.08. The third-order valence-corrected chi connectivity index (χ3v) is 1.79. The standard InChI is InChI=1S/C5H6BrN3O3/c6-3-8-4(2-10)1-5(7-8)9(11)12/h1,10H,2-3H2. The summed E-state index contributed by atoms with van der Waals surface area (Å²) in [5, 5.41) is 22.6. The summed E-state index contributed by atoms with van der Waals surface area (Å²) in [4.78, 5) is 9.63. The first-order chi connectivity index (χ1) is 5.69. The topological polar surface area (TPSA) is 81.2 Å². The van der Waals surface area contributed by atoms with Crippen LogP contribution in [-0.2, 0) is 12.1 Å². The molecular weight excluding hydrogens is 230 g/mol. The minimum absolute atomic E-state index is 0.251. The molecule has 0 unspecified atom stereocenters. The van der Waals surface area contributed by atoms with Crippen LogP contribution >= 0.6 is 15.9 Å². The molecule has 7 heteroatoms. The Morgan fingerprint density at radius 2 is 2.50 bits per heavy atom. The van der Waals surface area contributed by atoms with Crippen LogP contribution in [0, 0.1) is 10.1 Å². The Labute approximate surface area is 76.1 Å². The third kappa shape index (κ3) is 1.62. The van der Waals surface area contributed by atoms with Gasteiger partial charge in [-0.15, -0.1) is 0 Å². The van der Waals surface area contributed by atoms with Crippen LogP contribution in [0.2, 0.25) is 0 Å². The lowest BCUT2D eigenvalue weighted by molar-refractivity contribution is -0.389. The molecule has 1 aromatic rings. The highest BCUT2D eigenvalue weighted by Gasteiger charge is 2.15. The van der Waals surface area contributed by atoms with Crippen molar-refractivity contribution in [1.29, 1.82) is 0 Å². The summed E-state index contributed by atoms with van der Waals surface area (Å²) in [6.45, 7) is -0.258. The number of aromatic nitrogens is 2. The van der Waals surface area contributed by atoms with Gasteiger partial charge in [0.1, 0.15) is 5.45 Å². The molecule has 1 rings (SSSR count). The van der Waals surface area contributed by atoms with E-state index in [1.807, 2.05) is 0 Å². The monoisotopic (exact) mass is 235 g/mol. The summed E-state index contributed by atoms with van der Waals surface area (Å²) < 4.78 is 1.32. The van der Waals surface area contributed by atoms with E-state index in [9.17, 15) is 10.1 Å². The average molecular weight is 236 g/mol. The molecule has 12 heavy (non-hydrogen) atoms. The van der Waals surface area contributed by atoms with E-state index < -0.39 is 4.92 Å². The Hall–Kier alpha value is -0.950. The zero-order chi connectivity index (χ0) is 9.14. The number of nitro groups is 1. The van der Waals surface area contributed by atoms with Gasteiger partial charge in [-0.1, -0.05) is 15.9 Å². The molecule has 0 bridgehead atoms. The maximum Gasteiger partial charge on any atom is 0.390 e. The van der Waals surface area contributed by atoms with Gasteiger partial charge in [-0.25, -0.2) is 0 Å². The number of halogens is 1. The summed E-state index contributed by atoms with van der Waals surface area (Å²) in [6, 6.07) is 1.24. The predicted molar refractivity (Wildman–Crippen MR) is 43.7 cm³/mol. The molecule has 0 saturated carbocycles. The minimum atomic E-state index is -0.599. The van der Waals surface area contributed by atoms with Crippen molar-refractivity contribution in [2.24, 2.45) is 0 Å². The van der Waals surface area contributed by atoms with Crippen molar-refractivity contribution in [3.63, 3.8) is 0 Å². The van der Waals surface area contributed by atoms with E-state index in [-0.39, 0.29) is 12.4 Å². The maximum atomic E-state index is 10.2. The molecule has 6 nitrogen and oxygen atoms in total. The van der Waals surface area contributed by atoms with Crippen molar-refractivity contribution in [3.05, 3.63) is 21.9 Å². The maximum absolute atomic E-state index is 10.2. The zero-order valence-electron chi connectivity index (χ0n) is 5.97. The molecule has 0 fully saturated rings. The molecule has 0 aliphatic carbocycles. The smallest absolute Gasteiger partial charge is 0.390 e. The highest BCUT2D eigenvalue weighted by molar-refractivity contribution is 9.08. The highest BCUT2D eigenvalue weighted by atomic mass is 79.9. The van der Waals surface area contributed by atoms with E-state index in [2.05, 4.69) is 21.0 Å². The first-order valence-corrected chi connectivity index (χ1v) is 4.19. The van der Waals surface area contributed by atoms with Crippen LogP contribution in [0.3, 0.4) is 0 Å². The van der Waals surface area contributed by atoms with E-state index in [0.29, 0.717) is 11.1 Å². The van der Waals surface area contributed by atoms with Crippen LogP contribution in [-0.4, -0.2) is 19.8 Å². The first-order valence-electron chi connectivity index (χ1n) is 3.07. The fraction of sp³-hybridized carbons (Fsp3) is 0.400. The fourth-order valence-electron chi connectivity index (χ4n) is 0.760. The van der Waals surface area contributed by atoms with E-state index in [0.717, 1.165) is 0 Å². The molecule has 1 N–H and O–H groups in total. The lowest BCUT2D eigenvalue weighted by Crippen LogP contribution is -2.00. The van der Waals surface area contributed by atoms with Crippen molar-refractivity contribution in [2.75, 3.05) is 0 Å². The number of nitrogens with zero attached hydrogens (tertiary/aromatic N) is 3. The highest BCUT2D eigenvalue weighted by Crippen LogP contribution is 2.12. The lowest BCUT2D eigenvalue weighted by atomic mass is 10.4. The van der Waals surface area contributed by atoms with Gasteiger partial charge >= 0.3 is 5.82 Å². The average Bonchev–Trinajstić information content (AvgIpc) is 2.46. The summed E-state index contributed by atoms with van der Waals surface area (Å²) in [5.74, 6) is -0.251. The van der Waals surface area contributed by atoms with E-state index >= 15 is 0 Å². The van der Waals surface area contributed by atoms with Gasteiger partial charge in [-0.05, 0) is 4.92 Å². The number of rotatable bonds is 3. The summed E-state index contributed by atoms with van der Waals surface area (Å²) in [7, 11) is 0. The molecular formula is C5H6BrN3O3. The molecule has 0 atom stereocenters. The molecule has 0 radical (unpaired) electrons. The van der Waals surface area contributed by atoms with Crippen LogP contribution in [0.4, 0.5) is 5.82 Å². The number of aliphatic hydroxyl groups excluding tert-OH is 1. The van der Waals surface area contributed by atoms with Crippen molar-refractivity contribution in [3.8, 4) is 0 Å². The molecule has 0 aliphatic heterocycles. The van der Waals surface area contributed by atoms with E-state index in [1.165, 1.54) is 10.7 Å². The quantitative estimate of drug-likeness (QED) is 0.474. The Morgan fingerprint density at radius 3 is 2.83 bits per heavy atom. The van der Waals surface area contributed by atoms with Crippen molar-refractivity contribution >= 4 is 21.7 Å². The van der Waals surface area contributed by atoms with Crippen LogP contribution in [0.15, 0.2) is 6.07 Å². The predicted octanol–water partition coefficient (Wildman–Crippen LogP) is 0.636.